The van der Waals surface area contributed by atoms with E-state index < -0.39 is 16.1 Å². The van der Waals surface area contributed by atoms with Gasteiger partial charge in [0.1, 0.15) is 25.1 Å². The van der Waals surface area contributed by atoms with Crippen molar-refractivity contribution in [2.75, 3.05) is 50.8 Å². The van der Waals surface area contributed by atoms with Gasteiger partial charge in [0.15, 0.2) is 11.5 Å². The smallest absolute Gasteiger partial charge is 0.243 e. The van der Waals surface area contributed by atoms with Crippen molar-refractivity contribution >= 4 is 33.3 Å². The molecular weight excluding hydrogens is 468 g/mol. The zero-order valence-corrected chi connectivity index (χ0v) is 19.6. The summed E-state index contributed by atoms with van der Waals surface area (Å²) in [4.78, 5) is 21.6. The minimum atomic E-state index is -3.85. The molecule has 4 heterocycles. The van der Waals surface area contributed by atoms with Gasteiger partial charge in [0, 0.05) is 45.0 Å². The number of pyridine rings is 1. The van der Waals surface area contributed by atoms with Crippen LogP contribution in [-0.4, -0.2) is 80.5 Å². The Hall–Kier alpha value is -2.56. The van der Waals surface area contributed by atoms with Crippen LogP contribution in [0.2, 0.25) is 5.02 Å². The fraction of sp³-hybridized carbons (Fsp3) is 0.455. The Labute approximate surface area is 197 Å². The lowest BCUT2D eigenvalue weighted by molar-refractivity contribution is -0.134. The highest BCUT2D eigenvalue weighted by Gasteiger charge is 2.42. The molecule has 0 aliphatic carbocycles. The molecule has 5 rings (SSSR count). The number of hydrogen-bond acceptors (Lipinski definition) is 7. The summed E-state index contributed by atoms with van der Waals surface area (Å²) >= 11 is 6.26. The van der Waals surface area contributed by atoms with E-state index in [1.54, 1.807) is 29.3 Å². The maximum atomic E-state index is 13.4. The summed E-state index contributed by atoms with van der Waals surface area (Å²) in [5.74, 6) is 1.49. The summed E-state index contributed by atoms with van der Waals surface area (Å²) in [5.41, 5.74) is 0. The average molecular weight is 493 g/mol. The van der Waals surface area contributed by atoms with Crippen molar-refractivity contribution in [1.29, 1.82) is 0 Å². The topological polar surface area (TPSA) is 92.3 Å². The zero-order chi connectivity index (χ0) is 23.0. The molecule has 1 aromatic heterocycles. The molecule has 33 heavy (non-hydrogen) atoms. The summed E-state index contributed by atoms with van der Waals surface area (Å²) in [6.45, 7) is 3.27. The van der Waals surface area contributed by atoms with Crippen molar-refractivity contribution in [3.63, 3.8) is 0 Å². The molecule has 0 radical (unpaired) electrons. The Balaban J connectivity index is 1.29. The second-order valence-electron chi connectivity index (χ2n) is 8.20. The predicted octanol–water partition coefficient (Wildman–Crippen LogP) is 2.01. The van der Waals surface area contributed by atoms with Crippen LogP contribution in [0.5, 0.6) is 11.5 Å². The lowest BCUT2D eigenvalue weighted by Crippen LogP contribution is -2.54. The summed E-state index contributed by atoms with van der Waals surface area (Å²) in [7, 11) is -3.85. The lowest BCUT2D eigenvalue weighted by atomic mass is 10.2. The number of rotatable bonds is 4. The van der Waals surface area contributed by atoms with Crippen LogP contribution in [-0.2, 0) is 14.8 Å². The van der Waals surface area contributed by atoms with Crippen molar-refractivity contribution in [2.24, 2.45) is 0 Å². The van der Waals surface area contributed by atoms with Gasteiger partial charge in [-0.25, -0.2) is 13.4 Å². The Morgan fingerprint density at radius 1 is 1.03 bits per heavy atom. The fourth-order valence-electron chi connectivity index (χ4n) is 4.55. The van der Waals surface area contributed by atoms with Crippen molar-refractivity contribution in [3.05, 3.63) is 41.6 Å². The van der Waals surface area contributed by atoms with E-state index in [0.29, 0.717) is 81.1 Å². The molecule has 0 unspecified atom stereocenters. The van der Waals surface area contributed by atoms with Gasteiger partial charge >= 0.3 is 0 Å². The first-order chi connectivity index (χ1) is 15.9. The highest BCUT2D eigenvalue weighted by molar-refractivity contribution is 7.89. The van der Waals surface area contributed by atoms with Crippen LogP contribution in [0, 0.1) is 0 Å². The van der Waals surface area contributed by atoms with Gasteiger partial charge < -0.3 is 19.3 Å². The highest BCUT2D eigenvalue weighted by Crippen LogP contribution is 2.35. The third-order valence-electron chi connectivity index (χ3n) is 6.24. The Morgan fingerprint density at radius 3 is 2.55 bits per heavy atom. The number of aromatic nitrogens is 1. The molecule has 1 amide bonds. The van der Waals surface area contributed by atoms with E-state index in [0.717, 1.165) is 0 Å². The van der Waals surface area contributed by atoms with Crippen LogP contribution in [0.3, 0.4) is 0 Å². The maximum absolute atomic E-state index is 13.4. The highest BCUT2D eigenvalue weighted by atomic mass is 35.5. The quantitative estimate of drug-likeness (QED) is 0.644. The van der Waals surface area contributed by atoms with Gasteiger partial charge in [-0.05, 0) is 37.1 Å². The van der Waals surface area contributed by atoms with E-state index >= 15 is 0 Å². The standard InChI is InChI=1S/C22H25ClN4O5S/c23-17-3-1-7-24-21(17)25-9-11-26(12-10-25)22(28)18-4-2-8-27(18)33(29,30)16-5-6-19-20(15-16)32-14-13-31-19/h1,3,5-7,15,18H,2,4,8-14H2/t18-/m0/s1. The second-order valence-corrected chi connectivity index (χ2v) is 10.5. The Bertz CT molecular complexity index is 1150. The second kappa shape index (κ2) is 9.00. The van der Waals surface area contributed by atoms with Gasteiger partial charge in [0.2, 0.25) is 15.9 Å². The molecule has 3 aliphatic heterocycles. The van der Waals surface area contributed by atoms with Gasteiger partial charge in [-0.2, -0.15) is 4.31 Å². The average Bonchev–Trinajstić information content (AvgIpc) is 3.35. The molecule has 176 valence electrons. The summed E-state index contributed by atoms with van der Waals surface area (Å²) in [5, 5.41) is 0.574. The molecule has 0 bridgehead atoms. The number of halogens is 1. The molecule has 1 atom stereocenters. The van der Waals surface area contributed by atoms with E-state index in [2.05, 4.69) is 4.98 Å². The SMILES string of the molecule is O=C([C@@H]1CCCN1S(=O)(=O)c1ccc2c(c1)OCCO2)N1CCN(c2ncccc2Cl)CC1. The summed E-state index contributed by atoms with van der Waals surface area (Å²) in [6, 6.07) is 7.48. The van der Waals surface area contributed by atoms with Crippen LogP contribution in [0.15, 0.2) is 41.4 Å². The molecule has 2 fully saturated rings. The molecule has 0 spiro atoms. The van der Waals surface area contributed by atoms with Gasteiger partial charge in [-0.15, -0.1) is 0 Å². The van der Waals surface area contributed by atoms with Gasteiger partial charge in [-0.3, -0.25) is 4.79 Å². The number of ether oxygens (including phenoxy) is 2. The minimum absolute atomic E-state index is 0.112. The van der Waals surface area contributed by atoms with Crippen molar-refractivity contribution in [2.45, 2.75) is 23.8 Å². The molecular formula is C22H25ClN4O5S. The largest absolute Gasteiger partial charge is 0.486 e. The first-order valence-corrected chi connectivity index (χ1v) is 12.8. The number of carbonyl (C=O) groups is 1. The van der Waals surface area contributed by atoms with E-state index in [4.69, 9.17) is 21.1 Å². The third kappa shape index (κ3) is 4.22. The molecule has 2 aromatic rings. The first-order valence-electron chi connectivity index (χ1n) is 11.0. The van der Waals surface area contributed by atoms with Crippen molar-refractivity contribution in [1.82, 2.24) is 14.2 Å². The monoisotopic (exact) mass is 492 g/mol. The molecule has 0 N–H and O–H groups in total. The predicted molar refractivity (Wildman–Crippen MR) is 122 cm³/mol. The van der Waals surface area contributed by atoms with E-state index in [-0.39, 0.29) is 10.8 Å². The number of fused-ring (bicyclic) bond motifs is 1. The molecule has 0 saturated carbocycles. The number of benzene rings is 1. The van der Waals surface area contributed by atoms with Crippen LogP contribution >= 0.6 is 11.6 Å². The van der Waals surface area contributed by atoms with Crippen molar-refractivity contribution in [3.8, 4) is 11.5 Å². The molecule has 3 aliphatic rings. The van der Waals surface area contributed by atoms with Crippen LogP contribution in [0.1, 0.15) is 12.8 Å². The summed E-state index contributed by atoms with van der Waals surface area (Å²) in [6.07, 6.45) is 2.84. The van der Waals surface area contributed by atoms with E-state index in [1.807, 2.05) is 4.90 Å². The van der Waals surface area contributed by atoms with Crippen LogP contribution in [0.4, 0.5) is 5.82 Å². The zero-order valence-electron chi connectivity index (χ0n) is 18.0. The summed E-state index contributed by atoms with van der Waals surface area (Å²) < 4.78 is 39.2. The van der Waals surface area contributed by atoms with E-state index in [9.17, 15) is 13.2 Å². The molecule has 11 heteroatoms. The maximum Gasteiger partial charge on any atom is 0.243 e. The molecule has 1 aromatic carbocycles. The number of sulfonamides is 1. The Morgan fingerprint density at radius 2 is 1.79 bits per heavy atom. The number of nitrogens with zero attached hydrogens (tertiary/aromatic N) is 4. The third-order valence-corrected chi connectivity index (χ3v) is 8.44. The van der Waals surface area contributed by atoms with Gasteiger partial charge in [0.05, 0.1) is 9.92 Å². The Kier molecular flexibility index (Phi) is 6.07. The normalized spacial score (nSPS) is 21.3. The number of hydrogen-bond donors (Lipinski definition) is 0. The number of piperazine rings is 1. The van der Waals surface area contributed by atoms with Gasteiger partial charge in [0.25, 0.3) is 0 Å². The number of carbonyl (C=O) groups excluding carboxylic acids is 1. The van der Waals surface area contributed by atoms with Crippen LogP contribution in [0.25, 0.3) is 0 Å². The lowest BCUT2D eigenvalue weighted by Gasteiger charge is -2.37. The number of anilines is 1. The van der Waals surface area contributed by atoms with Crippen LogP contribution < -0.4 is 14.4 Å². The molecule has 9 nitrogen and oxygen atoms in total. The van der Waals surface area contributed by atoms with Crippen molar-refractivity contribution < 1.29 is 22.7 Å². The minimum Gasteiger partial charge on any atom is -0.486 e. The molecule has 2 saturated heterocycles. The fourth-order valence-corrected chi connectivity index (χ4v) is 6.46. The van der Waals surface area contributed by atoms with E-state index in [1.165, 1.54) is 16.4 Å². The number of amides is 1. The van der Waals surface area contributed by atoms with Gasteiger partial charge in [-0.1, -0.05) is 11.6 Å². The first kappa shape index (κ1) is 22.2.